The standard InChI is InChI=1S/C16H15Cl2FO/c1-9(2)12-5-10(3-4-16(12)19)6-13-14(17)7-11(20)8-15(13)18/h3-5,7-9,20H,6H2,1-2H3. The van der Waals surface area contributed by atoms with Gasteiger partial charge in [0.05, 0.1) is 0 Å². The fourth-order valence-corrected chi connectivity index (χ4v) is 2.72. The number of halogens is 3. The summed E-state index contributed by atoms with van der Waals surface area (Å²) in [6.07, 6.45) is 0.498. The van der Waals surface area contributed by atoms with E-state index in [0.717, 1.165) is 11.1 Å². The zero-order valence-corrected chi connectivity index (χ0v) is 12.8. The molecule has 0 aliphatic rings. The lowest BCUT2D eigenvalue weighted by Gasteiger charge is -2.12. The highest BCUT2D eigenvalue weighted by Crippen LogP contribution is 2.32. The van der Waals surface area contributed by atoms with Crippen LogP contribution in [0, 0.1) is 5.82 Å². The van der Waals surface area contributed by atoms with Gasteiger partial charge in [-0.25, -0.2) is 4.39 Å². The second-order valence-corrected chi connectivity index (χ2v) is 5.89. The van der Waals surface area contributed by atoms with Gasteiger partial charge in [-0.3, -0.25) is 0 Å². The Balaban J connectivity index is 2.38. The van der Waals surface area contributed by atoms with Crippen LogP contribution >= 0.6 is 23.2 Å². The van der Waals surface area contributed by atoms with Gasteiger partial charge in [0, 0.05) is 16.5 Å². The molecular formula is C16H15Cl2FO. The molecule has 0 spiro atoms. The van der Waals surface area contributed by atoms with Crippen molar-refractivity contribution in [2.24, 2.45) is 0 Å². The van der Waals surface area contributed by atoms with Crippen molar-refractivity contribution >= 4 is 23.2 Å². The third-order valence-electron chi connectivity index (χ3n) is 3.19. The smallest absolute Gasteiger partial charge is 0.126 e. The van der Waals surface area contributed by atoms with E-state index in [9.17, 15) is 9.50 Å². The molecule has 0 radical (unpaired) electrons. The molecule has 0 atom stereocenters. The summed E-state index contributed by atoms with van der Waals surface area (Å²) in [5, 5.41) is 10.2. The molecule has 2 rings (SSSR count). The molecule has 0 aliphatic carbocycles. The van der Waals surface area contributed by atoms with Crippen molar-refractivity contribution in [3.05, 3.63) is 62.9 Å². The fourth-order valence-electron chi connectivity index (χ4n) is 2.11. The van der Waals surface area contributed by atoms with Crippen LogP contribution in [0.5, 0.6) is 5.75 Å². The number of aromatic hydroxyl groups is 1. The lowest BCUT2D eigenvalue weighted by Crippen LogP contribution is -1.97. The Morgan fingerprint density at radius 2 is 1.70 bits per heavy atom. The SMILES string of the molecule is CC(C)c1cc(Cc2c(Cl)cc(O)cc2Cl)ccc1F. The molecule has 0 bridgehead atoms. The summed E-state index contributed by atoms with van der Waals surface area (Å²) in [6, 6.07) is 7.93. The van der Waals surface area contributed by atoms with E-state index in [0.29, 0.717) is 22.0 Å². The van der Waals surface area contributed by atoms with Gasteiger partial charge in [0.15, 0.2) is 0 Å². The molecule has 0 saturated carbocycles. The Hall–Kier alpha value is -1.25. The van der Waals surface area contributed by atoms with Gasteiger partial charge in [-0.2, -0.15) is 0 Å². The van der Waals surface area contributed by atoms with Crippen molar-refractivity contribution in [2.45, 2.75) is 26.2 Å². The lowest BCUT2D eigenvalue weighted by molar-refractivity contribution is 0.475. The van der Waals surface area contributed by atoms with Crippen molar-refractivity contribution in [3.8, 4) is 5.75 Å². The molecule has 0 fully saturated rings. The monoisotopic (exact) mass is 312 g/mol. The van der Waals surface area contributed by atoms with E-state index >= 15 is 0 Å². The minimum absolute atomic E-state index is 0.0331. The molecule has 0 aliphatic heterocycles. The first kappa shape index (κ1) is 15.1. The Bertz CT molecular complexity index is 615. The van der Waals surface area contributed by atoms with E-state index in [1.807, 2.05) is 19.9 Å². The summed E-state index contributed by atoms with van der Waals surface area (Å²) in [7, 11) is 0. The number of hydrogen-bond acceptors (Lipinski definition) is 1. The van der Waals surface area contributed by atoms with Crippen LogP contribution in [0.25, 0.3) is 0 Å². The van der Waals surface area contributed by atoms with Crippen LogP contribution in [0.4, 0.5) is 4.39 Å². The summed E-state index contributed by atoms with van der Waals surface area (Å²) in [6.45, 7) is 3.89. The summed E-state index contributed by atoms with van der Waals surface area (Å²) < 4.78 is 13.7. The van der Waals surface area contributed by atoms with Gasteiger partial charge in [-0.15, -0.1) is 0 Å². The van der Waals surface area contributed by atoms with Gasteiger partial charge in [0.25, 0.3) is 0 Å². The van der Waals surface area contributed by atoms with Crippen molar-refractivity contribution < 1.29 is 9.50 Å². The van der Waals surface area contributed by atoms with Crippen molar-refractivity contribution in [3.63, 3.8) is 0 Å². The molecule has 106 valence electrons. The lowest BCUT2D eigenvalue weighted by atomic mass is 9.97. The van der Waals surface area contributed by atoms with Gasteiger partial charge in [0.2, 0.25) is 0 Å². The van der Waals surface area contributed by atoms with E-state index in [4.69, 9.17) is 23.2 Å². The average molecular weight is 313 g/mol. The van der Waals surface area contributed by atoms with E-state index in [1.165, 1.54) is 18.2 Å². The number of rotatable bonds is 3. The quantitative estimate of drug-likeness (QED) is 0.787. The Morgan fingerprint density at radius 3 is 2.25 bits per heavy atom. The van der Waals surface area contributed by atoms with Crippen LogP contribution in [0.15, 0.2) is 30.3 Å². The Morgan fingerprint density at radius 1 is 1.10 bits per heavy atom. The molecule has 0 saturated heterocycles. The molecule has 0 heterocycles. The van der Waals surface area contributed by atoms with E-state index in [-0.39, 0.29) is 17.5 Å². The maximum Gasteiger partial charge on any atom is 0.126 e. The third-order valence-corrected chi connectivity index (χ3v) is 3.86. The molecule has 2 aromatic rings. The van der Waals surface area contributed by atoms with Gasteiger partial charge >= 0.3 is 0 Å². The molecule has 0 unspecified atom stereocenters. The molecule has 1 nitrogen and oxygen atoms in total. The van der Waals surface area contributed by atoms with Crippen molar-refractivity contribution in [1.82, 2.24) is 0 Å². The average Bonchev–Trinajstić information content (AvgIpc) is 2.35. The van der Waals surface area contributed by atoms with Crippen molar-refractivity contribution in [1.29, 1.82) is 0 Å². The van der Waals surface area contributed by atoms with Gasteiger partial charge in [-0.1, -0.05) is 49.2 Å². The van der Waals surface area contributed by atoms with E-state index in [2.05, 4.69) is 0 Å². The van der Waals surface area contributed by atoms with Crippen LogP contribution in [-0.4, -0.2) is 5.11 Å². The minimum atomic E-state index is -0.202. The molecule has 0 amide bonds. The molecule has 4 heteroatoms. The zero-order chi connectivity index (χ0) is 14.9. The minimum Gasteiger partial charge on any atom is -0.508 e. The predicted octanol–water partition coefficient (Wildman–Crippen LogP) is 5.55. The highest BCUT2D eigenvalue weighted by Gasteiger charge is 2.12. The van der Waals surface area contributed by atoms with Crippen LogP contribution in [-0.2, 0) is 6.42 Å². The molecular weight excluding hydrogens is 298 g/mol. The fraction of sp³-hybridized carbons (Fsp3) is 0.250. The number of hydrogen-bond donors (Lipinski definition) is 1. The first-order chi connectivity index (χ1) is 9.38. The highest BCUT2D eigenvalue weighted by atomic mass is 35.5. The van der Waals surface area contributed by atoms with Gasteiger partial charge in [0.1, 0.15) is 11.6 Å². The molecule has 0 aromatic heterocycles. The number of phenols is 1. The maximum absolute atomic E-state index is 13.7. The van der Waals surface area contributed by atoms with Gasteiger partial charge in [-0.05, 0) is 40.8 Å². The van der Waals surface area contributed by atoms with Crippen LogP contribution < -0.4 is 0 Å². The Kier molecular flexibility index (Phi) is 4.56. The maximum atomic E-state index is 13.7. The van der Waals surface area contributed by atoms with E-state index < -0.39 is 0 Å². The molecule has 2 aromatic carbocycles. The summed E-state index contributed by atoms with van der Waals surface area (Å²) in [5.41, 5.74) is 2.34. The van der Waals surface area contributed by atoms with Crippen LogP contribution in [0.3, 0.4) is 0 Å². The summed E-state index contributed by atoms with van der Waals surface area (Å²) in [4.78, 5) is 0. The second-order valence-electron chi connectivity index (χ2n) is 5.08. The van der Waals surface area contributed by atoms with Crippen LogP contribution in [0.1, 0.15) is 36.5 Å². The summed E-state index contributed by atoms with van der Waals surface area (Å²) in [5.74, 6) is -0.0573. The van der Waals surface area contributed by atoms with Crippen LogP contribution in [0.2, 0.25) is 10.0 Å². The number of phenolic OH excluding ortho intramolecular Hbond substituents is 1. The number of benzene rings is 2. The largest absolute Gasteiger partial charge is 0.508 e. The molecule has 1 N–H and O–H groups in total. The van der Waals surface area contributed by atoms with Gasteiger partial charge < -0.3 is 5.11 Å². The predicted molar refractivity (Wildman–Crippen MR) is 81.4 cm³/mol. The highest BCUT2D eigenvalue weighted by molar-refractivity contribution is 6.36. The van der Waals surface area contributed by atoms with Crippen molar-refractivity contribution in [2.75, 3.05) is 0 Å². The third kappa shape index (κ3) is 3.25. The first-order valence-electron chi connectivity index (χ1n) is 6.33. The van der Waals surface area contributed by atoms with E-state index in [1.54, 1.807) is 6.07 Å². The normalized spacial score (nSPS) is 11.1. The Labute approximate surface area is 128 Å². The topological polar surface area (TPSA) is 20.2 Å². The molecule has 20 heavy (non-hydrogen) atoms. The summed E-state index contributed by atoms with van der Waals surface area (Å²) >= 11 is 12.2. The zero-order valence-electron chi connectivity index (χ0n) is 11.3. The first-order valence-corrected chi connectivity index (χ1v) is 7.09. The second kappa shape index (κ2) is 6.02.